The molecule has 2 amide bonds. The average molecular weight is 445 g/mol. The van der Waals surface area contributed by atoms with Crippen LogP contribution in [0.2, 0.25) is 0 Å². The van der Waals surface area contributed by atoms with Crippen LogP contribution < -0.4 is 5.32 Å². The molecule has 1 N–H and O–H groups in total. The van der Waals surface area contributed by atoms with E-state index in [2.05, 4.69) is 10.3 Å². The summed E-state index contributed by atoms with van der Waals surface area (Å²) < 4.78 is 38.6. The Bertz CT molecular complexity index is 979. The summed E-state index contributed by atoms with van der Waals surface area (Å²) >= 11 is 0. The Morgan fingerprint density at radius 1 is 1.09 bits per heavy atom. The van der Waals surface area contributed by atoms with Crippen molar-refractivity contribution in [2.45, 2.75) is 57.9 Å². The number of hydrogen-bond acceptors (Lipinski definition) is 3. The van der Waals surface area contributed by atoms with Crippen LogP contribution >= 0.6 is 0 Å². The quantitative estimate of drug-likeness (QED) is 0.763. The molecule has 2 aliphatic rings. The van der Waals surface area contributed by atoms with E-state index in [4.69, 9.17) is 0 Å². The fourth-order valence-corrected chi connectivity index (χ4v) is 4.68. The van der Waals surface area contributed by atoms with E-state index < -0.39 is 24.0 Å². The Morgan fingerprint density at radius 2 is 1.75 bits per heavy atom. The maximum Gasteiger partial charge on any atom is 0.433 e. The molecule has 170 valence electrons. The third kappa shape index (κ3) is 4.49. The molecule has 1 aromatic carbocycles. The van der Waals surface area contributed by atoms with Crippen molar-refractivity contribution in [2.24, 2.45) is 11.8 Å². The summed E-state index contributed by atoms with van der Waals surface area (Å²) in [6.07, 6.45) is -1.50. The number of alkyl halides is 3. The Morgan fingerprint density at radius 3 is 2.28 bits per heavy atom. The van der Waals surface area contributed by atoms with E-state index in [1.54, 1.807) is 0 Å². The zero-order valence-electron chi connectivity index (χ0n) is 18.0. The number of hydrogen-bond donors (Lipinski definition) is 1. The number of piperazine rings is 1. The standard InChI is InChI=1S/C24H26F3N3O2/c1-14(2)9-19-22(31)29-21(18-10-16-5-3-4-6-17(16)11-18)23(32)30(19)13-15-7-8-20(28-12-15)24(25,26)27/h3-8,12,14,18-19,21H,9-11,13H2,1-2H3,(H,29,31)/t19-,21-/m1/s1. The van der Waals surface area contributed by atoms with E-state index in [1.165, 1.54) is 22.1 Å². The molecule has 1 aromatic heterocycles. The topological polar surface area (TPSA) is 62.3 Å². The van der Waals surface area contributed by atoms with Crippen LogP contribution in [0.1, 0.15) is 42.7 Å². The fraction of sp³-hybridized carbons (Fsp3) is 0.458. The van der Waals surface area contributed by atoms with Gasteiger partial charge in [-0.15, -0.1) is 0 Å². The minimum absolute atomic E-state index is 0.0444. The molecule has 2 heterocycles. The molecule has 2 atom stereocenters. The van der Waals surface area contributed by atoms with Gasteiger partial charge in [-0.3, -0.25) is 14.6 Å². The van der Waals surface area contributed by atoms with Crippen LogP contribution in [0.15, 0.2) is 42.6 Å². The second-order valence-corrected chi connectivity index (χ2v) is 9.08. The van der Waals surface area contributed by atoms with Crippen LogP contribution in [0.3, 0.4) is 0 Å². The molecule has 0 saturated carbocycles. The van der Waals surface area contributed by atoms with Gasteiger partial charge in [-0.2, -0.15) is 13.2 Å². The molecule has 4 rings (SSSR count). The molecule has 0 bridgehead atoms. The maximum atomic E-state index is 13.5. The first-order valence-corrected chi connectivity index (χ1v) is 10.8. The summed E-state index contributed by atoms with van der Waals surface area (Å²) in [5, 5.41) is 2.95. The molecule has 5 nitrogen and oxygen atoms in total. The van der Waals surface area contributed by atoms with Gasteiger partial charge in [0.2, 0.25) is 11.8 Å². The molecule has 0 unspecified atom stereocenters. The fourth-order valence-electron chi connectivity index (χ4n) is 4.68. The molecule has 1 aliphatic heterocycles. The Kier molecular flexibility index (Phi) is 5.97. The summed E-state index contributed by atoms with van der Waals surface area (Å²) in [5.74, 6) is -0.275. The second-order valence-electron chi connectivity index (χ2n) is 9.08. The molecular weight excluding hydrogens is 419 g/mol. The second kappa shape index (κ2) is 8.56. The lowest BCUT2D eigenvalue weighted by Crippen LogP contribution is -2.65. The first-order chi connectivity index (χ1) is 15.1. The Hall–Kier alpha value is -2.90. The van der Waals surface area contributed by atoms with Crippen molar-refractivity contribution < 1.29 is 22.8 Å². The lowest BCUT2D eigenvalue weighted by atomic mass is 9.90. The molecular formula is C24H26F3N3O2. The molecule has 0 radical (unpaired) electrons. The van der Waals surface area contributed by atoms with Crippen molar-refractivity contribution in [3.05, 3.63) is 65.0 Å². The van der Waals surface area contributed by atoms with Gasteiger partial charge in [0.15, 0.2) is 0 Å². The lowest BCUT2D eigenvalue weighted by Gasteiger charge is -2.41. The third-order valence-electron chi connectivity index (χ3n) is 6.24. The van der Waals surface area contributed by atoms with Crippen molar-refractivity contribution in [3.63, 3.8) is 0 Å². The minimum Gasteiger partial charge on any atom is -0.342 e. The number of benzene rings is 1. The van der Waals surface area contributed by atoms with E-state index in [0.29, 0.717) is 24.8 Å². The summed E-state index contributed by atoms with van der Waals surface area (Å²) in [5.41, 5.74) is 1.84. The van der Waals surface area contributed by atoms with E-state index in [0.717, 1.165) is 12.3 Å². The predicted octanol–water partition coefficient (Wildman–Crippen LogP) is 3.76. The van der Waals surface area contributed by atoms with Crippen LogP contribution in [0.4, 0.5) is 13.2 Å². The highest BCUT2D eigenvalue weighted by atomic mass is 19.4. The minimum atomic E-state index is -4.53. The van der Waals surface area contributed by atoms with Gasteiger partial charge in [-0.05, 0) is 53.9 Å². The number of carbonyl (C=O) groups excluding carboxylic acids is 2. The highest BCUT2D eigenvalue weighted by molar-refractivity contribution is 5.97. The van der Waals surface area contributed by atoms with Crippen LogP contribution in [0.25, 0.3) is 0 Å². The summed E-state index contributed by atoms with van der Waals surface area (Å²) in [4.78, 5) is 31.6. The number of nitrogens with one attached hydrogen (secondary N) is 1. The van der Waals surface area contributed by atoms with Gasteiger partial charge in [-0.1, -0.05) is 44.2 Å². The zero-order chi connectivity index (χ0) is 23.0. The number of nitrogens with zero attached hydrogens (tertiary/aromatic N) is 2. The van der Waals surface area contributed by atoms with Crippen molar-refractivity contribution >= 4 is 11.8 Å². The predicted molar refractivity (Wildman–Crippen MR) is 112 cm³/mol. The molecule has 8 heteroatoms. The Balaban J connectivity index is 1.58. The number of rotatable bonds is 5. The summed E-state index contributed by atoms with van der Waals surface area (Å²) in [6, 6.07) is 8.92. The van der Waals surface area contributed by atoms with Gasteiger partial charge < -0.3 is 10.2 Å². The number of halogens is 3. The molecule has 32 heavy (non-hydrogen) atoms. The number of fused-ring (bicyclic) bond motifs is 1. The monoisotopic (exact) mass is 445 g/mol. The summed E-state index contributed by atoms with van der Waals surface area (Å²) in [7, 11) is 0. The molecule has 2 aromatic rings. The lowest BCUT2D eigenvalue weighted by molar-refractivity contribution is -0.152. The van der Waals surface area contributed by atoms with Gasteiger partial charge in [0, 0.05) is 12.7 Å². The van der Waals surface area contributed by atoms with Crippen molar-refractivity contribution in [3.8, 4) is 0 Å². The van der Waals surface area contributed by atoms with E-state index >= 15 is 0 Å². The third-order valence-corrected chi connectivity index (χ3v) is 6.24. The molecule has 0 spiro atoms. The molecule has 1 fully saturated rings. The zero-order valence-corrected chi connectivity index (χ0v) is 18.0. The number of amides is 2. The number of carbonyl (C=O) groups is 2. The van der Waals surface area contributed by atoms with Crippen molar-refractivity contribution in [2.75, 3.05) is 0 Å². The average Bonchev–Trinajstić information content (AvgIpc) is 3.16. The van der Waals surface area contributed by atoms with Crippen LogP contribution in [-0.4, -0.2) is 33.8 Å². The van der Waals surface area contributed by atoms with Gasteiger partial charge in [0.1, 0.15) is 17.8 Å². The first kappa shape index (κ1) is 22.3. The van der Waals surface area contributed by atoms with Gasteiger partial charge >= 0.3 is 6.18 Å². The van der Waals surface area contributed by atoms with E-state index in [-0.39, 0.29) is 30.2 Å². The highest BCUT2D eigenvalue weighted by Gasteiger charge is 2.45. The normalized spacial score (nSPS) is 21.8. The summed E-state index contributed by atoms with van der Waals surface area (Å²) in [6.45, 7) is 3.98. The molecule has 1 saturated heterocycles. The smallest absolute Gasteiger partial charge is 0.342 e. The number of pyridine rings is 1. The van der Waals surface area contributed by atoms with E-state index in [9.17, 15) is 22.8 Å². The van der Waals surface area contributed by atoms with Gasteiger partial charge in [0.25, 0.3) is 0 Å². The SMILES string of the molecule is CC(C)C[C@@H]1C(=O)N[C@H](C2Cc3ccccc3C2)C(=O)N1Cc1ccc(C(F)(F)F)nc1. The van der Waals surface area contributed by atoms with Crippen LogP contribution in [-0.2, 0) is 35.2 Å². The van der Waals surface area contributed by atoms with Crippen molar-refractivity contribution in [1.82, 2.24) is 15.2 Å². The number of aromatic nitrogens is 1. The Labute approximate surface area is 185 Å². The largest absolute Gasteiger partial charge is 0.433 e. The van der Waals surface area contributed by atoms with Gasteiger partial charge in [0.05, 0.1) is 0 Å². The first-order valence-electron chi connectivity index (χ1n) is 10.8. The van der Waals surface area contributed by atoms with Crippen LogP contribution in [0, 0.1) is 11.8 Å². The highest BCUT2D eigenvalue weighted by Crippen LogP contribution is 2.32. The van der Waals surface area contributed by atoms with Gasteiger partial charge in [-0.25, -0.2) is 0 Å². The van der Waals surface area contributed by atoms with Crippen LogP contribution in [0.5, 0.6) is 0 Å². The van der Waals surface area contributed by atoms with E-state index in [1.807, 2.05) is 38.1 Å². The maximum absolute atomic E-state index is 13.5. The molecule has 1 aliphatic carbocycles. The van der Waals surface area contributed by atoms with Crippen molar-refractivity contribution in [1.29, 1.82) is 0 Å².